The van der Waals surface area contributed by atoms with Crippen molar-refractivity contribution in [2.45, 2.75) is 83.5 Å². The summed E-state index contributed by atoms with van der Waals surface area (Å²) < 4.78 is 11.1. The predicted molar refractivity (Wildman–Crippen MR) is 78.3 cm³/mol. The van der Waals surface area contributed by atoms with Gasteiger partial charge in [0.05, 0.1) is 18.8 Å². The van der Waals surface area contributed by atoms with Gasteiger partial charge >= 0.3 is 0 Å². The fraction of sp³-hybridized carbons (Fsp3) is 1.00. The first kappa shape index (κ1) is 16.9. The fourth-order valence-electron chi connectivity index (χ4n) is 2.95. The van der Waals surface area contributed by atoms with E-state index in [2.05, 4.69) is 13.8 Å². The second kappa shape index (κ2) is 9.73. The lowest BCUT2D eigenvalue weighted by Gasteiger charge is -2.38. The molecule has 1 heterocycles. The highest BCUT2D eigenvalue weighted by Gasteiger charge is 2.36. The first-order valence-corrected chi connectivity index (χ1v) is 8.03. The van der Waals surface area contributed by atoms with Crippen molar-refractivity contribution in [3.05, 3.63) is 0 Å². The molecule has 1 N–H and O–H groups in total. The van der Waals surface area contributed by atoms with Gasteiger partial charge in [-0.2, -0.15) is 0 Å². The fourth-order valence-corrected chi connectivity index (χ4v) is 2.95. The minimum absolute atomic E-state index is 0.0307. The molecule has 3 nitrogen and oxygen atoms in total. The summed E-state index contributed by atoms with van der Waals surface area (Å²) in [6.45, 7) is 5.02. The molecule has 0 unspecified atom stereocenters. The molecule has 0 amide bonds. The van der Waals surface area contributed by atoms with E-state index < -0.39 is 6.10 Å². The van der Waals surface area contributed by atoms with E-state index in [1.54, 1.807) is 7.11 Å². The maximum Gasteiger partial charge on any atom is 0.107 e. The Morgan fingerprint density at radius 1 is 1.11 bits per heavy atom. The van der Waals surface area contributed by atoms with Crippen molar-refractivity contribution in [3.8, 4) is 0 Å². The second-order valence-electron chi connectivity index (χ2n) is 5.95. The molecule has 0 aliphatic carbocycles. The first-order chi connectivity index (χ1) is 9.20. The van der Waals surface area contributed by atoms with Gasteiger partial charge in [0.25, 0.3) is 0 Å². The van der Waals surface area contributed by atoms with E-state index in [0.29, 0.717) is 6.61 Å². The number of rotatable bonds is 9. The Hall–Kier alpha value is -0.120. The lowest BCUT2D eigenvalue weighted by Crippen LogP contribution is -2.50. The third kappa shape index (κ3) is 5.80. The summed E-state index contributed by atoms with van der Waals surface area (Å²) in [4.78, 5) is 0. The van der Waals surface area contributed by atoms with Crippen molar-refractivity contribution in [2.75, 3.05) is 13.7 Å². The van der Waals surface area contributed by atoms with Gasteiger partial charge in [0.2, 0.25) is 0 Å². The Labute approximate surface area is 118 Å². The SMILES string of the molecule is CCCCCCCCC[C@@H]1OC[C@H](C)[C@@H](OC)[C@H]1O. The maximum atomic E-state index is 10.2. The summed E-state index contributed by atoms with van der Waals surface area (Å²) in [5.74, 6) is 0.283. The molecule has 0 saturated carbocycles. The van der Waals surface area contributed by atoms with Crippen LogP contribution >= 0.6 is 0 Å². The van der Waals surface area contributed by atoms with Gasteiger partial charge < -0.3 is 14.6 Å². The summed E-state index contributed by atoms with van der Waals surface area (Å²) in [5, 5.41) is 10.2. The van der Waals surface area contributed by atoms with E-state index >= 15 is 0 Å². The average molecular weight is 272 g/mol. The van der Waals surface area contributed by atoms with Crippen LogP contribution in [0.1, 0.15) is 65.2 Å². The van der Waals surface area contributed by atoms with Crippen LogP contribution in [0.2, 0.25) is 0 Å². The molecule has 0 aromatic heterocycles. The van der Waals surface area contributed by atoms with Gasteiger partial charge in [-0.3, -0.25) is 0 Å². The minimum atomic E-state index is -0.464. The van der Waals surface area contributed by atoms with Crippen molar-refractivity contribution in [1.29, 1.82) is 0 Å². The van der Waals surface area contributed by atoms with Crippen LogP contribution in [0.15, 0.2) is 0 Å². The second-order valence-corrected chi connectivity index (χ2v) is 5.95. The summed E-state index contributed by atoms with van der Waals surface area (Å²) in [7, 11) is 1.68. The molecule has 19 heavy (non-hydrogen) atoms. The monoisotopic (exact) mass is 272 g/mol. The first-order valence-electron chi connectivity index (χ1n) is 8.03. The van der Waals surface area contributed by atoms with Crippen LogP contribution in [0.4, 0.5) is 0 Å². The van der Waals surface area contributed by atoms with Crippen LogP contribution in [0.3, 0.4) is 0 Å². The molecular formula is C16H32O3. The Morgan fingerprint density at radius 3 is 2.37 bits per heavy atom. The van der Waals surface area contributed by atoms with Crippen LogP contribution in [0.25, 0.3) is 0 Å². The van der Waals surface area contributed by atoms with Gasteiger partial charge in [0.1, 0.15) is 6.10 Å². The van der Waals surface area contributed by atoms with Gasteiger partial charge in [-0.05, 0) is 6.42 Å². The van der Waals surface area contributed by atoms with E-state index in [9.17, 15) is 5.11 Å². The van der Waals surface area contributed by atoms with E-state index in [-0.39, 0.29) is 18.1 Å². The molecule has 0 bridgehead atoms. The zero-order valence-electron chi connectivity index (χ0n) is 12.9. The van der Waals surface area contributed by atoms with E-state index in [4.69, 9.17) is 9.47 Å². The van der Waals surface area contributed by atoms with Crippen molar-refractivity contribution >= 4 is 0 Å². The molecule has 0 aromatic carbocycles. The van der Waals surface area contributed by atoms with Crippen molar-refractivity contribution in [2.24, 2.45) is 5.92 Å². The van der Waals surface area contributed by atoms with Crippen LogP contribution in [-0.2, 0) is 9.47 Å². The van der Waals surface area contributed by atoms with Crippen LogP contribution in [-0.4, -0.2) is 37.1 Å². The molecule has 4 atom stereocenters. The largest absolute Gasteiger partial charge is 0.388 e. The van der Waals surface area contributed by atoms with Gasteiger partial charge in [-0.1, -0.05) is 58.8 Å². The zero-order chi connectivity index (χ0) is 14.1. The lowest BCUT2D eigenvalue weighted by molar-refractivity contribution is -0.172. The highest BCUT2D eigenvalue weighted by atomic mass is 16.5. The molecule has 1 rings (SSSR count). The van der Waals surface area contributed by atoms with E-state index in [1.165, 1.54) is 38.5 Å². The number of hydrogen-bond donors (Lipinski definition) is 1. The molecule has 1 aliphatic rings. The number of ether oxygens (including phenoxy) is 2. The molecular weight excluding hydrogens is 240 g/mol. The van der Waals surface area contributed by atoms with Gasteiger partial charge in [0.15, 0.2) is 0 Å². The molecule has 3 heteroatoms. The molecule has 1 fully saturated rings. The number of aliphatic hydroxyl groups excluding tert-OH is 1. The summed E-state index contributed by atoms with van der Waals surface area (Å²) in [5.41, 5.74) is 0. The van der Waals surface area contributed by atoms with Crippen molar-refractivity contribution < 1.29 is 14.6 Å². The quantitative estimate of drug-likeness (QED) is 0.652. The topological polar surface area (TPSA) is 38.7 Å². The summed E-state index contributed by atoms with van der Waals surface area (Å²) in [6.07, 6.45) is 9.49. The van der Waals surface area contributed by atoms with Crippen molar-refractivity contribution in [1.82, 2.24) is 0 Å². The minimum Gasteiger partial charge on any atom is -0.388 e. The smallest absolute Gasteiger partial charge is 0.107 e. The Bertz CT molecular complexity index is 220. The Morgan fingerprint density at radius 2 is 1.74 bits per heavy atom. The Kier molecular flexibility index (Phi) is 8.67. The summed E-state index contributed by atoms with van der Waals surface area (Å²) in [6, 6.07) is 0. The molecule has 114 valence electrons. The van der Waals surface area contributed by atoms with E-state index in [0.717, 1.165) is 12.8 Å². The normalized spacial score (nSPS) is 31.6. The zero-order valence-corrected chi connectivity index (χ0v) is 12.9. The predicted octanol–water partition coefficient (Wildman–Crippen LogP) is 3.54. The summed E-state index contributed by atoms with van der Waals surface area (Å²) >= 11 is 0. The highest BCUT2D eigenvalue weighted by Crippen LogP contribution is 2.25. The molecule has 0 spiro atoms. The van der Waals surface area contributed by atoms with E-state index in [1.807, 2.05) is 0 Å². The molecule has 1 aliphatic heterocycles. The molecule has 1 saturated heterocycles. The Balaban J connectivity index is 2.12. The third-order valence-corrected chi connectivity index (χ3v) is 4.22. The van der Waals surface area contributed by atoms with Crippen LogP contribution < -0.4 is 0 Å². The van der Waals surface area contributed by atoms with Gasteiger partial charge in [0, 0.05) is 13.0 Å². The average Bonchev–Trinajstić information content (AvgIpc) is 2.40. The number of aliphatic hydroxyl groups is 1. The molecule has 0 aromatic rings. The van der Waals surface area contributed by atoms with Gasteiger partial charge in [-0.25, -0.2) is 0 Å². The third-order valence-electron chi connectivity index (χ3n) is 4.22. The number of methoxy groups -OCH3 is 1. The van der Waals surface area contributed by atoms with Gasteiger partial charge in [-0.15, -0.1) is 0 Å². The van der Waals surface area contributed by atoms with Crippen molar-refractivity contribution in [3.63, 3.8) is 0 Å². The van der Waals surface area contributed by atoms with Crippen LogP contribution in [0, 0.1) is 5.92 Å². The lowest BCUT2D eigenvalue weighted by atomic mass is 9.91. The van der Waals surface area contributed by atoms with Crippen LogP contribution in [0.5, 0.6) is 0 Å². The highest BCUT2D eigenvalue weighted by molar-refractivity contribution is 4.85. The standard InChI is InChI=1S/C16H32O3/c1-4-5-6-7-8-9-10-11-14-15(17)16(18-3)13(2)12-19-14/h13-17H,4-12H2,1-3H3/t13-,14-,15-,16+/m0/s1. The number of hydrogen-bond acceptors (Lipinski definition) is 3. The molecule has 0 radical (unpaired) electrons. The maximum absolute atomic E-state index is 10.2. The number of unbranched alkanes of at least 4 members (excludes halogenated alkanes) is 6.